The standard InChI is InChI=1S/C18H33N3/c1-14(12-18(4,13-19)20-15-6-7-15)21(5)16-8-10-17(2,3)11-9-16/h14-16,20H,6-12H2,1-5H3. The van der Waals surface area contributed by atoms with Gasteiger partial charge >= 0.3 is 0 Å². The molecule has 0 radical (unpaired) electrons. The van der Waals surface area contributed by atoms with E-state index < -0.39 is 0 Å². The smallest absolute Gasteiger partial charge is 0.105 e. The van der Waals surface area contributed by atoms with Crippen molar-refractivity contribution in [1.29, 1.82) is 5.26 Å². The molecule has 2 unspecified atom stereocenters. The summed E-state index contributed by atoms with van der Waals surface area (Å²) in [7, 11) is 2.25. The third-order valence-electron chi connectivity index (χ3n) is 5.63. The van der Waals surface area contributed by atoms with Crippen LogP contribution in [0.25, 0.3) is 0 Å². The topological polar surface area (TPSA) is 39.1 Å². The number of hydrogen-bond acceptors (Lipinski definition) is 3. The molecule has 120 valence electrons. The number of hydrogen-bond donors (Lipinski definition) is 1. The molecule has 21 heavy (non-hydrogen) atoms. The van der Waals surface area contributed by atoms with Gasteiger partial charge in [0, 0.05) is 18.1 Å². The third kappa shape index (κ3) is 4.69. The van der Waals surface area contributed by atoms with E-state index in [-0.39, 0.29) is 5.54 Å². The van der Waals surface area contributed by atoms with Crippen LogP contribution in [0.3, 0.4) is 0 Å². The third-order valence-corrected chi connectivity index (χ3v) is 5.63. The number of nitriles is 1. The molecule has 2 rings (SSSR count). The molecule has 3 nitrogen and oxygen atoms in total. The van der Waals surface area contributed by atoms with E-state index in [1.807, 2.05) is 0 Å². The Morgan fingerprint density at radius 3 is 2.33 bits per heavy atom. The van der Waals surface area contributed by atoms with E-state index in [2.05, 4.69) is 51.0 Å². The summed E-state index contributed by atoms with van der Waals surface area (Å²) in [5.41, 5.74) is 0.151. The van der Waals surface area contributed by atoms with Crippen molar-refractivity contribution in [2.24, 2.45) is 5.41 Å². The van der Waals surface area contributed by atoms with Crippen molar-refractivity contribution in [2.45, 2.75) is 96.3 Å². The van der Waals surface area contributed by atoms with Gasteiger partial charge in [0.25, 0.3) is 0 Å². The summed E-state index contributed by atoms with van der Waals surface area (Å²) in [6.07, 6.45) is 8.63. The van der Waals surface area contributed by atoms with E-state index in [0.29, 0.717) is 23.5 Å². The minimum Gasteiger partial charge on any atom is -0.301 e. The Hall–Kier alpha value is -0.590. The lowest BCUT2D eigenvalue weighted by Gasteiger charge is -2.42. The monoisotopic (exact) mass is 291 g/mol. The van der Waals surface area contributed by atoms with E-state index in [4.69, 9.17) is 0 Å². The molecule has 2 aliphatic rings. The summed E-state index contributed by atoms with van der Waals surface area (Å²) in [5, 5.41) is 13.1. The van der Waals surface area contributed by atoms with Crippen molar-refractivity contribution in [2.75, 3.05) is 7.05 Å². The van der Waals surface area contributed by atoms with Crippen molar-refractivity contribution in [3.8, 4) is 6.07 Å². The van der Waals surface area contributed by atoms with Gasteiger partial charge in [-0.1, -0.05) is 13.8 Å². The molecule has 0 aromatic heterocycles. The van der Waals surface area contributed by atoms with Gasteiger partial charge < -0.3 is 4.90 Å². The van der Waals surface area contributed by atoms with E-state index in [9.17, 15) is 5.26 Å². The van der Waals surface area contributed by atoms with Crippen LogP contribution in [0.2, 0.25) is 0 Å². The first-order valence-electron chi connectivity index (χ1n) is 8.66. The summed E-state index contributed by atoms with van der Waals surface area (Å²) in [6.45, 7) is 9.13. The fourth-order valence-electron chi connectivity index (χ4n) is 3.70. The highest BCUT2D eigenvalue weighted by molar-refractivity contribution is 5.08. The second-order valence-corrected chi connectivity index (χ2v) is 8.48. The Morgan fingerprint density at radius 2 is 1.86 bits per heavy atom. The minimum absolute atomic E-state index is 0.372. The van der Waals surface area contributed by atoms with Gasteiger partial charge in [-0.2, -0.15) is 5.26 Å². The van der Waals surface area contributed by atoms with E-state index in [1.165, 1.54) is 38.5 Å². The quantitative estimate of drug-likeness (QED) is 0.811. The molecule has 0 heterocycles. The summed E-state index contributed by atoms with van der Waals surface area (Å²) < 4.78 is 0. The van der Waals surface area contributed by atoms with Crippen molar-refractivity contribution >= 4 is 0 Å². The Labute approximate surface area is 131 Å². The lowest BCUT2D eigenvalue weighted by atomic mass is 9.75. The first-order chi connectivity index (χ1) is 9.75. The van der Waals surface area contributed by atoms with Crippen LogP contribution < -0.4 is 5.32 Å². The van der Waals surface area contributed by atoms with Gasteiger partial charge in [-0.25, -0.2) is 0 Å². The lowest BCUT2D eigenvalue weighted by molar-refractivity contribution is 0.0891. The van der Waals surface area contributed by atoms with E-state index >= 15 is 0 Å². The lowest BCUT2D eigenvalue weighted by Crippen LogP contribution is -2.50. The summed E-state index contributed by atoms with van der Waals surface area (Å²) in [5.74, 6) is 0. The highest BCUT2D eigenvalue weighted by Gasteiger charge is 2.36. The molecule has 0 bridgehead atoms. The molecule has 0 spiro atoms. The van der Waals surface area contributed by atoms with Crippen LogP contribution in [0.5, 0.6) is 0 Å². The zero-order valence-corrected chi connectivity index (χ0v) is 14.6. The molecule has 0 aromatic carbocycles. The zero-order chi connectivity index (χ0) is 15.7. The maximum atomic E-state index is 9.54. The number of nitrogens with zero attached hydrogens (tertiary/aromatic N) is 2. The summed E-state index contributed by atoms with van der Waals surface area (Å²) in [4.78, 5) is 2.53. The van der Waals surface area contributed by atoms with Crippen LogP contribution >= 0.6 is 0 Å². The first kappa shape index (κ1) is 16.8. The van der Waals surface area contributed by atoms with Crippen LogP contribution in [0.1, 0.15) is 72.6 Å². The Kier molecular flexibility index (Phi) is 5.00. The van der Waals surface area contributed by atoms with Crippen molar-refractivity contribution in [3.05, 3.63) is 0 Å². The van der Waals surface area contributed by atoms with E-state index in [0.717, 1.165) is 6.42 Å². The van der Waals surface area contributed by atoms with Gasteiger partial charge in [-0.3, -0.25) is 5.32 Å². The molecule has 0 amide bonds. The van der Waals surface area contributed by atoms with Crippen LogP contribution in [0, 0.1) is 16.7 Å². The molecular formula is C18H33N3. The molecule has 0 aromatic rings. The van der Waals surface area contributed by atoms with Crippen molar-refractivity contribution in [3.63, 3.8) is 0 Å². The summed E-state index contributed by atoms with van der Waals surface area (Å²) in [6, 6.07) is 4.24. The van der Waals surface area contributed by atoms with Crippen LogP contribution in [-0.2, 0) is 0 Å². The minimum atomic E-state index is -0.372. The van der Waals surface area contributed by atoms with Gasteiger partial charge in [0.2, 0.25) is 0 Å². The molecule has 0 aliphatic heterocycles. The summed E-state index contributed by atoms with van der Waals surface area (Å²) >= 11 is 0. The predicted octanol–water partition coefficient (Wildman–Crippen LogP) is 3.70. The molecule has 2 saturated carbocycles. The SMILES string of the molecule is CC(CC(C)(C#N)NC1CC1)N(C)C1CCC(C)(C)CC1. The zero-order valence-electron chi connectivity index (χ0n) is 14.6. The van der Waals surface area contributed by atoms with Crippen LogP contribution in [0.15, 0.2) is 0 Å². The first-order valence-corrected chi connectivity index (χ1v) is 8.66. The molecular weight excluding hydrogens is 258 g/mol. The number of nitrogens with one attached hydrogen (secondary N) is 1. The molecule has 1 N–H and O–H groups in total. The maximum absolute atomic E-state index is 9.54. The second-order valence-electron chi connectivity index (χ2n) is 8.48. The van der Waals surface area contributed by atoms with Gasteiger partial charge in [0.05, 0.1) is 6.07 Å². The van der Waals surface area contributed by atoms with Crippen LogP contribution in [0.4, 0.5) is 0 Å². The highest BCUT2D eigenvalue weighted by atomic mass is 15.2. The Morgan fingerprint density at radius 1 is 1.29 bits per heavy atom. The van der Waals surface area contributed by atoms with Crippen molar-refractivity contribution in [1.82, 2.24) is 10.2 Å². The van der Waals surface area contributed by atoms with Gasteiger partial charge in [-0.15, -0.1) is 0 Å². The fourth-order valence-corrected chi connectivity index (χ4v) is 3.70. The highest BCUT2D eigenvalue weighted by Crippen LogP contribution is 2.37. The predicted molar refractivity (Wildman–Crippen MR) is 88.1 cm³/mol. The van der Waals surface area contributed by atoms with Crippen LogP contribution in [-0.4, -0.2) is 35.6 Å². The molecule has 2 fully saturated rings. The average molecular weight is 291 g/mol. The van der Waals surface area contributed by atoms with Crippen molar-refractivity contribution < 1.29 is 0 Å². The molecule has 0 saturated heterocycles. The Bertz CT molecular complexity index is 384. The van der Waals surface area contributed by atoms with Gasteiger partial charge in [-0.05, 0) is 71.3 Å². The average Bonchev–Trinajstić information content (AvgIpc) is 3.21. The number of rotatable bonds is 6. The molecule has 2 aliphatic carbocycles. The fraction of sp³-hybridized carbons (Fsp3) is 0.944. The van der Waals surface area contributed by atoms with Gasteiger partial charge in [0.1, 0.15) is 5.54 Å². The molecule has 3 heteroatoms. The van der Waals surface area contributed by atoms with E-state index in [1.54, 1.807) is 0 Å². The normalized spacial score (nSPS) is 27.1. The molecule has 2 atom stereocenters. The Balaban J connectivity index is 1.86. The largest absolute Gasteiger partial charge is 0.301 e. The maximum Gasteiger partial charge on any atom is 0.105 e. The second kappa shape index (κ2) is 6.26. The van der Waals surface area contributed by atoms with Gasteiger partial charge in [0.15, 0.2) is 0 Å².